The van der Waals surface area contributed by atoms with Crippen LogP contribution in [-0.4, -0.2) is 60.7 Å². The number of benzene rings is 2. The Hall–Kier alpha value is -1.45. The topological polar surface area (TPSA) is 63.4 Å². The van der Waals surface area contributed by atoms with Crippen LogP contribution in [0.25, 0.3) is 20.8 Å². The molecule has 162 valence electrons. The molecule has 8 heteroatoms. The molecule has 0 spiro atoms. The highest BCUT2D eigenvalue weighted by molar-refractivity contribution is 7.80. The lowest BCUT2D eigenvalue weighted by Crippen LogP contribution is -2.35. The summed E-state index contributed by atoms with van der Waals surface area (Å²) in [4.78, 5) is 7.16. The van der Waals surface area contributed by atoms with Gasteiger partial charge in [-0.25, -0.2) is 4.98 Å². The van der Waals surface area contributed by atoms with E-state index in [2.05, 4.69) is 41.5 Å². The first-order valence-electron chi connectivity index (χ1n) is 10.2. The van der Waals surface area contributed by atoms with E-state index in [4.69, 9.17) is 15.5 Å². The van der Waals surface area contributed by atoms with Crippen LogP contribution >= 0.6 is 36.6 Å². The molecule has 0 aliphatic rings. The number of fused-ring (bicyclic) bond motifs is 1. The summed E-state index contributed by atoms with van der Waals surface area (Å²) >= 11 is 10.3. The molecule has 5 nitrogen and oxygen atoms in total. The molecule has 3 N–H and O–H groups in total. The first-order valence-corrected chi connectivity index (χ1v) is 12.3. The van der Waals surface area contributed by atoms with Crippen LogP contribution in [0.3, 0.4) is 0 Å². The zero-order chi connectivity index (χ0) is 21.2. The Kier molecular flexibility index (Phi) is 9.61. The van der Waals surface area contributed by atoms with Crippen molar-refractivity contribution in [3.05, 3.63) is 42.5 Å². The zero-order valence-electron chi connectivity index (χ0n) is 17.1. The molecule has 0 fully saturated rings. The Morgan fingerprint density at radius 2 is 1.83 bits per heavy atom. The van der Waals surface area contributed by atoms with Crippen molar-refractivity contribution in [3.8, 4) is 16.3 Å². The van der Waals surface area contributed by atoms with Crippen LogP contribution < -0.4 is 15.8 Å². The van der Waals surface area contributed by atoms with Crippen LogP contribution in [0.4, 0.5) is 5.69 Å². The number of thiazole rings is 1. The van der Waals surface area contributed by atoms with Crippen molar-refractivity contribution in [2.24, 2.45) is 0 Å². The van der Waals surface area contributed by atoms with Crippen molar-refractivity contribution >= 4 is 52.5 Å². The third-order valence-electron chi connectivity index (χ3n) is 4.71. The SMILES string of the molecule is Nc1ccc(-c2nc3ccc(OCCCN(CCS)CCNCCS)cc3s2)cc1. The molecule has 0 amide bonds. The van der Waals surface area contributed by atoms with E-state index < -0.39 is 0 Å². The molecule has 0 aliphatic carbocycles. The van der Waals surface area contributed by atoms with Gasteiger partial charge in [-0.3, -0.25) is 0 Å². The molecule has 0 aliphatic heterocycles. The Morgan fingerprint density at radius 3 is 2.60 bits per heavy atom. The van der Waals surface area contributed by atoms with Crippen molar-refractivity contribution in [2.75, 3.05) is 56.6 Å². The molecular formula is C22H30N4OS3. The highest BCUT2D eigenvalue weighted by Crippen LogP contribution is 2.32. The summed E-state index contributed by atoms with van der Waals surface area (Å²) in [7, 11) is 0. The molecule has 0 bridgehead atoms. The summed E-state index contributed by atoms with van der Waals surface area (Å²) in [6.07, 6.45) is 0.984. The summed E-state index contributed by atoms with van der Waals surface area (Å²) in [5, 5.41) is 4.38. The normalized spacial score (nSPS) is 11.4. The maximum absolute atomic E-state index is 6.01. The van der Waals surface area contributed by atoms with Gasteiger partial charge >= 0.3 is 0 Å². The number of ether oxygens (including phenoxy) is 1. The molecule has 2 aromatic carbocycles. The molecule has 1 aromatic heterocycles. The maximum Gasteiger partial charge on any atom is 0.124 e. The van der Waals surface area contributed by atoms with Gasteiger partial charge in [0.15, 0.2) is 0 Å². The second-order valence-corrected chi connectivity index (χ2v) is 8.94. The van der Waals surface area contributed by atoms with Gasteiger partial charge in [0.2, 0.25) is 0 Å². The molecule has 0 atom stereocenters. The summed E-state index contributed by atoms with van der Waals surface area (Å²) in [5.41, 5.74) is 8.62. The Balaban J connectivity index is 1.50. The van der Waals surface area contributed by atoms with Gasteiger partial charge in [0.05, 0.1) is 16.8 Å². The van der Waals surface area contributed by atoms with Crippen LogP contribution in [-0.2, 0) is 0 Å². The second-order valence-electron chi connectivity index (χ2n) is 7.01. The smallest absolute Gasteiger partial charge is 0.124 e. The van der Waals surface area contributed by atoms with Crippen LogP contribution in [0.1, 0.15) is 6.42 Å². The number of thiol groups is 2. The van der Waals surface area contributed by atoms with Crippen LogP contribution in [0, 0.1) is 0 Å². The van der Waals surface area contributed by atoms with Gasteiger partial charge in [-0.2, -0.15) is 25.3 Å². The summed E-state index contributed by atoms with van der Waals surface area (Å²) in [6.45, 7) is 5.64. The summed E-state index contributed by atoms with van der Waals surface area (Å²) in [5.74, 6) is 2.63. The summed E-state index contributed by atoms with van der Waals surface area (Å²) < 4.78 is 7.14. The lowest BCUT2D eigenvalue weighted by atomic mass is 10.2. The van der Waals surface area contributed by atoms with Crippen molar-refractivity contribution in [1.82, 2.24) is 15.2 Å². The van der Waals surface area contributed by atoms with E-state index in [1.54, 1.807) is 11.3 Å². The quantitative estimate of drug-likeness (QED) is 0.175. The van der Waals surface area contributed by atoms with E-state index in [-0.39, 0.29) is 0 Å². The van der Waals surface area contributed by atoms with E-state index in [0.717, 1.165) is 82.9 Å². The van der Waals surface area contributed by atoms with Gasteiger partial charge in [0, 0.05) is 55.5 Å². The standard InChI is InChI=1S/C22H30N4OS3/c23-18-4-2-17(3-5-18)22-25-20-7-6-19(16-21(20)30-22)27-13-1-10-26(12-15-29)11-8-24-9-14-28/h2-7,16,24,28-29H,1,8-15,23H2. The van der Waals surface area contributed by atoms with Crippen molar-refractivity contribution < 1.29 is 4.74 Å². The van der Waals surface area contributed by atoms with Gasteiger partial charge in [0.25, 0.3) is 0 Å². The van der Waals surface area contributed by atoms with E-state index in [1.165, 1.54) is 0 Å². The second kappa shape index (κ2) is 12.4. The first kappa shape index (κ1) is 23.2. The van der Waals surface area contributed by atoms with E-state index in [9.17, 15) is 0 Å². The monoisotopic (exact) mass is 462 g/mol. The highest BCUT2D eigenvalue weighted by atomic mass is 32.1. The number of rotatable bonds is 13. The molecule has 3 aromatic rings. The average Bonchev–Trinajstić information content (AvgIpc) is 3.18. The molecule has 0 saturated heterocycles. The Morgan fingerprint density at radius 1 is 1.00 bits per heavy atom. The van der Waals surface area contributed by atoms with Crippen LogP contribution in [0.15, 0.2) is 42.5 Å². The zero-order valence-corrected chi connectivity index (χ0v) is 19.7. The number of nitrogens with two attached hydrogens (primary N) is 1. The first-order chi connectivity index (χ1) is 14.7. The molecule has 0 saturated carbocycles. The summed E-state index contributed by atoms with van der Waals surface area (Å²) in [6, 6.07) is 13.9. The molecular weight excluding hydrogens is 432 g/mol. The molecule has 0 radical (unpaired) electrons. The van der Waals surface area contributed by atoms with Crippen molar-refractivity contribution in [2.45, 2.75) is 6.42 Å². The third-order valence-corrected chi connectivity index (χ3v) is 6.21. The fraction of sp³-hybridized carbons (Fsp3) is 0.409. The maximum atomic E-state index is 6.01. The predicted molar refractivity (Wildman–Crippen MR) is 137 cm³/mol. The minimum atomic E-state index is 0.697. The lowest BCUT2D eigenvalue weighted by molar-refractivity contribution is 0.243. The lowest BCUT2D eigenvalue weighted by Gasteiger charge is -2.21. The van der Waals surface area contributed by atoms with E-state index >= 15 is 0 Å². The van der Waals surface area contributed by atoms with Gasteiger partial charge in [-0.05, 0) is 48.9 Å². The molecule has 0 unspecified atom stereocenters. The number of hydrogen-bond acceptors (Lipinski definition) is 8. The van der Waals surface area contributed by atoms with Gasteiger partial charge in [-0.1, -0.05) is 0 Å². The molecule has 3 rings (SSSR count). The van der Waals surface area contributed by atoms with Gasteiger partial charge < -0.3 is 20.7 Å². The number of anilines is 1. The van der Waals surface area contributed by atoms with Gasteiger partial charge in [-0.15, -0.1) is 11.3 Å². The fourth-order valence-electron chi connectivity index (χ4n) is 3.14. The largest absolute Gasteiger partial charge is 0.493 e. The average molecular weight is 463 g/mol. The highest BCUT2D eigenvalue weighted by Gasteiger charge is 2.08. The number of nitrogens with zero attached hydrogens (tertiary/aromatic N) is 2. The minimum Gasteiger partial charge on any atom is -0.493 e. The number of nitrogens with one attached hydrogen (secondary N) is 1. The molecule has 30 heavy (non-hydrogen) atoms. The fourth-order valence-corrected chi connectivity index (χ4v) is 4.58. The van der Waals surface area contributed by atoms with E-state index in [0.29, 0.717) is 6.61 Å². The third kappa shape index (κ3) is 7.06. The van der Waals surface area contributed by atoms with E-state index in [1.807, 2.05) is 36.4 Å². The van der Waals surface area contributed by atoms with Crippen molar-refractivity contribution in [3.63, 3.8) is 0 Å². The minimum absolute atomic E-state index is 0.697. The number of nitrogen functional groups attached to an aromatic ring is 1. The van der Waals surface area contributed by atoms with Crippen LogP contribution in [0.2, 0.25) is 0 Å². The predicted octanol–water partition coefficient (Wildman–Crippen LogP) is 4.07. The van der Waals surface area contributed by atoms with Gasteiger partial charge in [0.1, 0.15) is 10.8 Å². The Labute approximate surface area is 193 Å². The number of aromatic nitrogens is 1. The van der Waals surface area contributed by atoms with Crippen molar-refractivity contribution in [1.29, 1.82) is 0 Å². The molecule has 1 heterocycles. The Bertz CT molecular complexity index is 901. The van der Waals surface area contributed by atoms with Crippen LogP contribution in [0.5, 0.6) is 5.75 Å². The number of hydrogen-bond donors (Lipinski definition) is 4.